The molecular formula is C10H12N2. The van der Waals surface area contributed by atoms with Gasteiger partial charge in [0.15, 0.2) is 0 Å². The molecular weight excluding hydrogens is 148 g/mol. The molecule has 12 heavy (non-hydrogen) atoms. The molecule has 1 aliphatic heterocycles. The third-order valence-corrected chi connectivity index (χ3v) is 2.09. The lowest BCUT2D eigenvalue weighted by Gasteiger charge is -2.15. The maximum atomic E-state index is 5.78. The van der Waals surface area contributed by atoms with Crippen molar-refractivity contribution in [2.45, 2.75) is 6.42 Å². The number of hydrazine groups is 1. The summed E-state index contributed by atoms with van der Waals surface area (Å²) in [7, 11) is 0. The number of nitrogens with two attached hydrogens (primary N) is 1. The fraction of sp³-hybridized carbons (Fsp3) is 0.200. The van der Waals surface area contributed by atoms with Gasteiger partial charge in [-0.3, -0.25) is 0 Å². The van der Waals surface area contributed by atoms with Gasteiger partial charge in [-0.2, -0.15) is 0 Å². The smallest absolute Gasteiger partial charge is 0.0550 e. The Bertz CT molecular complexity index is 290. The highest BCUT2D eigenvalue weighted by Crippen LogP contribution is 2.21. The molecule has 2 rings (SSSR count). The second-order valence-corrected chi connectivity index (χ2v) is 2.94. The Hall–Kier alpha value is -1.28. The summed E-state index contributed by atoms with van der Waals surface area (Å²) < 4.78 is 0. The maximum Gasteiger partial charge on any atom is 0.0550 e. The van der Waals surface area contributed by atoms with Crippen LogP contribution in [0.4, 0.5) is 0 Å². The largest absolute Gasteiger partial charge is 0.310 e. The molecule has 2 N–H and O–H groups in total. The van der Waals surface area contributed by atoms with E-state index in [-0.39, 0.29) is 0 Å². The monoisotopic (exact) mass is 160 g/mol. The van der Waals surface area contributed by atoms with E-state index in [1.165, 1.54) is 5.56 Å². The molecule has 0 aliphatic carbocycles. The topological polar surface area (TPSA) is 29.3 Å². The van der Waals surface area contributed by atoms with E-state index >= 15 is 0 Å². The standard InChI is InChI=1S/C10H12N2/c11-12-8-4-7-10(12)9-5-2-1-3-6-9/h1-3,5-7H,4,8,11H2. The summed E-state index contributed by atoms with van der Waals surface area (Å²) in [5, 5.41) is 1.80. The predicted octanol–water partition coefficient (Wildman–Crippen LogP) is 1.61. The SMILES string of the molecule is NN1CCC=C1c1ccccc1. The van der Waals surface area contributed by atoms with Crippen LogP contribution in [-0.2, 0) is 0 Å². The lowest BCUT2D eigenvalue weighted by Crippen LogP contribution is -2.26. The van der Waals surface area contributed by atoms with Gasteiger partial charge in [0.2, 0.25) is 0 Å². The highest BCUT2D eigenvalue weighted by atomic mass is 15.4. The summed E-state index contributed by atoms with van der Waals surface area (Å²) in [5.74, 6) is 5.78. The molecule has 1 aliphatic rings. The molecule has 62 valence electrons. The molecule has 0 amide bonds. The van der Waals surface area contributed by atoms with Crippen molar-refractivity contribution in [3.63, 3.8) is 0 Å². The number of hydrogen-bond donors (Lipinski definition) is 1. The van der Waals surface area contributed by atoms with Gasteiger partial charge < -0.3 is 5.01 Å². The summed E-state index contributed by atoms with van der Waals surface area (Å²) >= 11 is 0. The van der Waals surface area contributed by atoms with Crippen molar-refractivity contribution < 1.29 is 0 Å². The van der Waals surface area contributed by atoms with Gasteiger partial charge in [0.05, 0.1) is 5.70 Å². The van der Waals surface area contributed by atoms with Crippen LogP contribution in [0.3, 0.4) is 0 Å². The van der Waals surface area contributed by atoms with E-state index in [4.69, 9.17) is 5.84 Å². The highest BCUT2D eigenvalue weighted by molar-refractivity contribution is 5.65. The quantitative estimate of drug-likeness (QED) is 0.632. The van der Waals surface area contributed by atoms with Crippen LogP contribution in [-0.4, -0.2) is 11.6 Å². The van der Waals surface area contributed by atoms with Crippen molar-refractivity contribution in [2.75, 3.05) is 6.54 Å². The van der Waals surface area contributed by atoms with Gasteiger partial charge in [-0.1, -0.05) is 36.4 Å². The Morgan fingerprint density at radius 2 is 1.92 bits per heavy atom. The number of hydrogen-bond acceptors (Lipinski definition) is 2. The van der Waals surface area contributed by atoms with Crippen molar-refractivity contribution in [3.05, 3.63) is 42.0 Å². The Morgan fingerprint density at radius 1 is 1.17 bits per heavy atom. The molecule has 1 aromatic rings. The number of benzene rings is 1. The lowest BCUT2D eigenvalue weighted by molar-refractivity contribution is 0.448. The summed E-state index contributed by atoms with van der Waals surface area (Å²) in [6.07, 6.45) is 3.23. The second kappa shape index (κ2) is 2.99. The van der Waals surface area contributed by atoms with Crippen molar-refractivity contribution in [1.82, 2.24) is 5.01 Å². The average molecular weight is 160 g/mol. The molecule has 0 radical (unpaired) electrons. The van der Waals surface area contributed by atoms with Crippen LogP contribution >= 0.6 is 0 Å². The fourth-order valence-corrected chi connectivity index (χ4v) is 1.47. The molecule has 1 aromatic carbocycles. The van der Waals surface area contributed by atoms with E-state index in [2.05, 4.69) is 18.2 Å². The second-order valence-electron chi connectivity index (χ2n) is 2.94. The first-order valence-electron chi connectivity index (χ1n) is 4.16. The van der Waals surface area contributed by atoms with Gasteiger partial charge in [0.25, 0.3) is 0 Å². The normalized spacial score (nSPS) is 16.4. The molecule has 0 atom stereocenters. The first kappa shape index (κ1) is 7.37. The Labute approximate surface area is 72.3 Å². The van der Waals surface area contributed by atoms with E-state index in [1.54, 1.807) is 5.01 Å². The maximum absolute atomic E-state index is 5.78. The number of rotatable bonds is 1. The van der Waals surface area contributed by atoms with E-state index < -0.39 is 0 Å². The molecule has 0 fully saturated rings. The van der Waals surface area contributed by atoms with Crippen molar-refractivity contribution in [2.24, 2.45) is 5.84 Å². The van der Waals surface area contributed by atoms with E-state index in [0.29, 0.717) is 0 Å². The zero-order valence-corrected chi connectivity index (χ0v) is 6.90. The van der Waals surface area contributed by atoms with E-state index in [9.17, 15) is 0 Å². The van der Waals surface area contributed by atoms with Crippen LogP contribution in [0.15, 0.2) is 36.4 Å². The van der Waals surface area contributed by atoms with Gasteiger partial charge in [0, 0.05) is 6.54 Å². The molecule has 0 unspecified atom stereocenters. The predicted molar refractivity (Wildman–Crippen MR) is 49.9 cm³/mol. The minimum absolute atomic E-state index is 0.935. The molecule has 2 nitrogen and oxygen atoms in total. The average Bonchev–Trinajstić information content (AvgIpc) is 2.53. The Balaban J connectivity index is 2.31. The van der Waals surface area contributed by atoms with Crippen LogP contribution in [0.25, 0.3) is 5.70 Å². The highest BCUT2D eigenvalue weighted by Gasteiger charge is 2.11. The van der Waals surface area contributed by atoms with E-state index in [1.807, 2.05) is 18.2 Å². The van der Waals surface area contributed by atoms with Gasteiger partial charge in [-0.05, 0) is 12.0 Å². The number of nitrogens with zero attached hydrogens (tertiary/aromatic N) is 1. The molecule has 0 aromatic heterocycles. The molecule has 2 heteroatoms. The van der Waals surface area contributed by atoms with E-state index in [0.717, 1.165) is 18.7 Å². The van der Waals surface area contributed by atoms with Crippen molar-refractivity contribution in [3.8, 4) is 0 Å². The van der Waals surface area contributed by atoms with Gasteiger partial charge in [-0.25, -0.2) is 5.84 Å². The van der Waals surface area contributed by atoms with Crippen molar-refractivity contribution in [1.29, 1.82) is 0 Å². The lowest BCUT2D eigenvalue weighted by atomic mass is 10.1. The molecule has 0 spiro atoms. The summed E-state index contributed by atoms with van der Waals surface area (Å²) in [6.45, 7) is 0.935. The molecule has 0 saturated carbocycles. The third kappa shape index (κ3) is 1.21. The first-order valence-corrected chi connectivity index (χ1v) is 4.16. The first-order chi connectivity index (χ1) is 5.88. The molecule has 0 bridgehead atoms. The Morgan fingerprint density at radius 3 is 2.50 bits per heavy atom. The Kier molecular flexibility index (Phi) is 1.84. The van der Waals surface area contributed by atoms with Gasteiger partial charge in [0.1, 0.15) is 0 Å². The zero-order valence-electron chi connectivity index (χ0n) is 6.90. The van der Waals surface area contributed by atoms with Crippen LogP contribution in [0.5, 0.6) is 0 Å². The summed E-state index contributed by atoms with van der Waals surface area (Å²) in [6, 6.07) is 10.2. The van der Waals surface area contributed by atoms with Crippen LogP contribution in [0, 0.1) is 0 Å². The third-order valence-electron chi connectivity index (χ3n) is 2.09. The fourth-order valence-electron chi connectivity index (χ4n) is 1.47. The minimum atomic E-state index is 0.935. The van der Waals surface area contributed by atoms with Crippen molar-refractivity contribution >= 4 is 5.70 Å². The molecule has 1 heterocycles. The van der Waals surface area contributed by atoms with Crippen LogP contribution < -0.4 is 5.84 Å². The summed E-state index contributed by atoms with van der Waals surface area (Å²) in [5.41, 5.74) is 2.35. The van der Waals surface area contributed by atoms with Gasteiger partial charge in [-0.15, -0.1) is 0 Å². The minimum Gasteiger partial charge on any atom is -0.310 e. The van der Waals surface area contributed by atoms with Gasteiger partial charge >= 0.3 is 0 Å². The summed E-state index contributed by atoms with van der Waals surface area (Å²) in [4.78, 5) is 0. The molecule has 0 saturated heterocycles. The zero-order chi connectivity index (χ0) is 8.39. The van der Waals surface area contributed by atoms with Crippen LogP contribution in [0.2, 0.25) is 0 Å². The van der Waals surface area contributed by atoms with Crippen LogP contribution in [0.1, 0.15) is 12.0 Å².